The monoisotopic (exact) mass is 406 g/mol. The third-order valence-electron chi connectivity index (χ3n) is 4.89. The number of phenols is 2. The lowest BCUT2D eigenvalue weighted by Gasteiger charge is -2.18. The highest BCUT2D eigenvalue weighted by Gasteiger charge is 2.29. The Morgan fingerprint density at radius 1 is 1.07 bits per heavy atom. The van der Waals surface area contributed by atoms with E-state index in [-0.39, 0.29) is 34.5 Å². The summed E-state index contributed by atoms with van der Waals surface area (Å²) >= 11 is 0. The lowest BCUT2D eigenvalue weighted by Crippen LogP contribution is -2.12. The van der Waals surface area contributed by atoms with Crippen molar-refractivity contribution in [2.75, 3.05) is 7.11 Å². The summed E-state index contributed by atoms with van der Waals surface area (Å²) in [5.41, 5.74) is 0.292. The highest BCUT2D eigenvalue weighted by atomic mass is 16.5. The molecule has 0 amide bonds. The topological polar surface area (TPSA) is 110 Å². The van der Waals surface area contributed by atoms with E-state index in [9.17, 15) is 19.8 Å². The Morgan fingerprint density at radius 2 is 1.83 bits per heavy atom. The minimum atomic E-state index is -0.801. The molecule has 2 aromatic heterocycles. The van der Waals surface area contributed by atoms with E-state index in [0.717, 1.165) is 6.07 Å². The second kappa shape index (κ2) is 7.79. The number of esters is 1. The Kier molecular flexibility index (Phi) is 5.02. The Labute approximate surface area is 170 Å². The molecule has 4 aromatic rings. The average molecular weight is 406 g/mol. The molecule has 1 atom stereocenters. The maximum absolute atomic E-state index is 12.8. The Bertz CT molecular complexity index is 1250. The van der Waals surface area contributed by atoms with Crippen LogP contribution < -0.4 is 5.43 Å². The van der Waals surface area contributed by atoms with Crippen molar-refractivity contribution < 1.29 is 28.6 Å². The van der Waals surface area contributed by atoms with Gasteiger partial charge in [-0.05, 0) is 12.1 Å². The number of furan rings is 1. The predicted octanol–water partition coefficient (Wildman–Crippen LogP) is 4.16. The number of phenolic OH excluding ortho intramolecular Hbond substituents is 2. The molecule has 2 aromatic carbocycles. The number of hydrogen-bond donors (Lipinski definition) is 2. The second-order valence-corrected chi connectivity index (χ2v) is 6.72. The van der Waals surface area contributed by atoms with Gasteiger partial charge < -0.3 is 23.8 Å². The van der Waals surface area contributed by atoms with Crippen LogP contribution in [-0.4, -0.2) is 23.3 Å². The van der Waals surface area contributed by atoms with Crippen LogP contribution in [-0.2, 0) is 9.53 Å². The van der Waals surface area contributed by atoms with Gasteiger partial charge in [0.1, 0.15) is 34.0 Å². The van der Waals surface area contributed by atoms with E-state index in [1.165, 1.54) is 19.4 Å². The van der Waals surface area contributed by atoms with Gasteiger partial charge in [-0.3, -0.25) is 9.59 Å². The number of aromatic hydroxyl groups is 2. The van der Waals surface area contributed by atoms with Gasteiger partial charge in [0.15, 0.2) is 5.43 Å². The van der Waals surface area contributed by atoms with E-state index in [1.807, 2.05) is 6.07 Å². The highest BCUT2D eigenvalue weighted by molar-refractivity contribution is 5.90. The molecule has 0 spiro atoms. The zero-order valence-electron chi connectivity index (χ0n) is 16.0. The number of benzene rings is 2. The van der Waals surface area contributed by atoms with Crippen molar-refractivity contribution in [2.24, 2.45) is 0 Å². The summed E-state index contributed by atoms with van der Waals surface area (Å²) in [4.78, 5) is 24.9. The Morgan fingerprint density at radius 3 is 2.50 bits per heavy atom. The largest absolute Gasteiger partial charge is 0.507 e. The molecule has 0 fully saturated rings. The Balaban J connectivity index is 2.03. The molecule has 30 heavy (non-hydrogen) atoms. The molecular formula is C23H18O7. The SMILES string of the molecule is COC(=O)CC(c1ccco1)c1c(O)cc(O)c2c(=O)cc(-c3ccccc3)oc12. The van der Waals surface area contributed by atoms with Gasteiger partial charge >= 0.3 is 5.97 Å². The molecule has 2 heterocycles. The lowest BCUT2D eigenvalue weighted by atomic mass is 9.90. The van der Waals surface area contributed by atoms with Crippen LogP contribution in [0.1, 0.15) is 23.7 Å². The maximum atomic E-state index is 12.8. The van der Waals surface area contributed by atoms with Gasteiger partial charge in [0, 0.05) is 23.3 Å². The molecule has 0 bridgehead atoms. The fourth-order valence-electron chi connectivity index (χ4n) is 3.49. The number of rotatable bonds is 5. The number of carbonyl (C=O) groups is 1. The fourth-order valence-corrected chi connectivity index (χ4v) is 3.49. The van der Waals surface area contributed by atoms with Crippen LogP contribution in [0, 0.1) is 0 Å². The van der Waals surface area contributed by atoms with Crippen molar-refractivity contribution in [1.82, 2.24) is 0 Å². The van der Waals surface area contributed by atoms with Crippen molar-refractivity contribution in [2.45, 2.75) is 12.3 Å². The van der Waals surface area contributed by atoms with Crippen LogP contribution in [0.3, 0.4) is 0 Å². The number of hydrogen-bond acceptors (Lipinski definition) is 7. The highest BCUT2D eigenvalue weighted by Crippen LogP contribution is 2.43. The van der Waals surface area contributed by atoms with E-state index in [2.05, 4.69) is 0 Å². The van der Waals surface area contributed by atoms with Crippen molar-refractivity contribution in [3.05, 3.63) is 82.4 Å². The van der Waals surface area contributed by atoms with Gasteiger partial charge in [0.2, 0.25) is 0 Å². The third kappa shape index (κ3) is 3.41. The van der Waals surface area contributed by atoms with Gasteiger partial charge in [-0.15, -0.1) is 0 Å². The summed E-state index contributed by atoms with van der Waals surface area (Å²) in [6.45, 7) is 0. The van der Waals surface area contributed by atoms with E-state index in [4.69, 9.17) is 13.6 Å². The van der Waals surface area contributed by atoms with Crippen molar-refractivity contribution >= 4 is 16.9 Å². The first-order valence-electron chi connectivity index (χ1n) is 9.18. The summed E-state index contributed by atoms with van der Waals surface area (Å²) < 4.78 is 16.3. The first-order valence-corrected chi connectivity index (χ1v) is 9.18. The van der Waals surface area contributed by atoms with Crippen molar-refractivity contribution in [1.29, 1.82) is 0 Å². The molecule has 7 nitrogen and oxygen atoms in total. The van der Waals surface area contributed by atoms with Crippen LogP contribution >= 0.6 is 0 Å². The van der Waals surface area contributed by atoms with Gasteiger partial charge in [0.05, 0.1) is 25.7 Å². The van der Waals surface area contributed by atoms with Crippen LogP contribution in [0.4, 0.5) is 0 Å². The molecule has 0 aliphatic heterocycles. The molecular weight excluding hydrogens is 388 g/mol. The predicted molar refractivity (Wildman–Crippen MR) is 108 cm³/mol. The third-order valence-corrected chi connectivity index (χ3v) is 4.89. The molecule has 4 rings (SSSR count). The normalized spacial score (nSPS) is 12.0. The van der Waals surface area contributed by atoms with E-state index in [1.54, 1.807) is 36.4 Å². The molecule has 152 valence electrons. The number of carbonyl (C=O) groups excluding carboxylic acids is 1. The molecule has 0 saturated carbocycles. The quantitative estimate of drug-likeness (QED) is 0.479. The van der Waals surface area contributed by atoms with Gasteiger partial charge in [-0.25, -0.2) is 0 Å². The summed E-state index contributed by atoms with van der Waals surface area (Å²) in [6.07, 6.45) is 1.27. The van der Waals surface area contributed by atoms with Crippen molar-refractivity contribution in [3.63, 3.8) is 0 Å². The summed E-state index contributed by atoms with van der Waals surface area (Å²) in [6, 6.07) is 14.6. The number of ether oxygens (including phenoxy) is 1. The van der Waals surface area contributed by atoms with E-state index >= 15 is 0 Å². The van der Waals surface area contributed by atoms with Gasteiger partial charge in [-0.2, -0.15) is 0 Å². The van der Waals surface area contributed by atoms with Gasteiger partial charge in [0.25, 0.3) is 0 Å². The zero-order valence-corrected chi connectivity index (χ0v) is 16.0. The van der Waals surface area contributed by atoms with Crippen LogP contribution in [0.25, 0.3) is 22.3 Å². The van der Waals surface area contributed by atoms with E-state index < -0.39 is 23.1 Å². The van der Waals surface area contributed by atoms with Crippen LogP contribution in [0.15, 0.2) is 74.5 Å². The first kappa shape index (κ1) is 19.3. The fraction of sp³-hybridized carbons (Fsp3) is 0.130. The van der Waals surface area contributed by atoms with Gasteiger partial charge in [-0.1, -0.05) is 30.3 Å². The summed E-state index contributed by atoms with van der Waals surface area (Å²) in [5.74, 6) is -1.47. The average Bonchev–Trinajstić information content (AvgIpc) is 3.27. The Hall–Kier alpha value is -4.00. The minimum Gasteiger partial charge on any atom is -0.507 e. The minimum absolute atomic E-state index is 0.0239. The lowest BCUT2D eigenvalue weighted by molar-refractivity contribution is -0.140. The standard InChI is InChI=1S/C23H18O7/c1-28-20(27)10-14(18-8-5-9-29-18)21-15(24)11-16(25)22-17(26)12-19(30-23(21)22)13-6-3-2-4-7-13/h2-9,11-12,14,24-25H,10H2,1H3. The summed E-state index contributed by atoms with van der Waals surface area (Å²) in [7, 11) is 1.25. The molecule has 0 aliphatic rings. The first-order chi connectivity index (χ1) is 14.5. The molecule has 7 heteroatoms. The van der Waals surface area contributed by atoms with Crippen LogP contribution in [0.5, 0.6) is 11.5 Å². The smallest absolute Gasteiger partial charge is 0.306 e. The maximum Gasteiger partial charge on any atom is 0.306 e. The molecule has 0 saturated heterocycles. The number of methoxy groups -OCH3 is 1. The summed E-state index contributed by atoms with van der Waals surface area (Å²) in [5, 5.41) is 20.9. The second-order valence-electron chi connectivity index (χ2n) is 6.72. The molecule has 0 radical (unpaired) electrons. The van der Waals surface area contributed by atoms with E-state index in [0.29, 0.717) is 11.3 Å². The number of fused-ring (bicyclic) bond motifs is 1. The zero-order chi connectivity index (χ0) is 21.3. The molecule has 0 aliphatic carbocycles. The molecule has 1 unspecified atom stereocenters. The van der Waals surface area contributed by atoms with Crippen molar-refractivity contribution in [3.8, 4) is 22.8 Å². The molecule has 2 N–H and O–H groups in total. The van der Waals surface area contributed by atoms with Crippen LogP contribution in [0.2, 0.25) is 0 Å².